The van der Waals surface area contributed by atoms with Gasteiger partial charge in [-0.15, -0.1) is 0 Å². The van der Waals surface area contributed by atoms with Crippen molar-refractivity contribution >= 4 is 18.6 Å². The van der Waals surface area contributed by atoms with Crippen LogP contribution in [0.25, 0.3) is 0 Å². The van der Waals surface area contributed by atoms with E-state index in [1.165, 1.54) is 0 Å². The summed E-state index contributed by atoms with van der Waals surface area (Å²) < 4.78 is 32.0. The summed E-state index contributed by atoms with van der Waals surface area (Å²) in [6.07, 6.45) is 0.891. The van der Waals surface area contributed by atoms with Crippen LogP contribution in [0.2, 0.25) is 0 Å². The van der Waals surface area contributed by atoms with E-state index in [4.69, 9.17) is 14.0 Å². The Hall–Kier alpha value is -1.40. The van der Waals surface area contributed by atoms with Crippen molar-refractivity contribution in [2.75, 3.05) is 6.61 Å². The summed E-state index contributed by atoms with van der Waals surface area (Å²) in [6.45, 7) is 9.87. The number of hydrogen-bond acceptors (Lipinski definition) is 4. The first kappa shape index (κ1) is 17.4. The van der Waals surface area contributed by atoms with Gasteiger partial charge in [0.2, 0.25) is 0 Å². The Balaban J connectivity index is 1.86. The molecule has 0 amide bonds. The minimum atomic E-state index is -0.734. The first-order chi connectivity index (χ1) is 11.2. The topological polar surface area (TPSA) is 44.8 Å². The Morgan fingerprint density at radius 1 is 1.25 bits per heavy atom. The highest BCUT2D eigenvalue weighted by molar-refractivity contribution is 6.62. The molecule has 0 spiro atoms. The third-order valence-electron chi connectivity index (χ3n) is 5.41. The van der Waals surface area contributed by atoms with Gasteiger partial charge in [-0.1, -0.05) is 12.1 Å². The van der Waals surface area contributed by atoms with Gasteiger partial charge in [0.1, 0.15) is 5.82 Å². The van der Waals surface area contributed by atoms with Gasteiger partial charge >= 0.3 is 13.1 Å². The molecule has 2 aliphatic rings. The second-order valence-electron chi connectivity index (χ2n) is 7.55. The van der Waals surface area contributed by atoms with Crippen molar-refractivity contribution in [2.45, 2.75) is 58.7 Å². The van der Waals surface area contributed by atoms with Crippen LogP contribution in [-0.2, 0) is 31.7 Å². The molecule has 3 rings (SSSR count). The van der Waals surface area contributed by atoms with Crippen molar-refractivity contribution in [3.63, 3.8) is 0 Å². The predicted molar refractivity (Wildman–Crippen MR) is 89.6 cm³/mol. The number of rotatable bonds is 3. The van der Waals surface area contributed by atoms with E-state index in [1.54, 1.807) is 13.0 Å². The molecule has 130 valence electrons. The van der Waals surface area contributed by atoms with E-state index in [2.05, 4.69) is 0 Å². The fourth-order valence-electron chi connectivity index (χ4n) is 3.25. The third-order valence-corrected chi connectivity index (χ3v) is 5.41. The minimum Gasteiger partial charge on any atom is -0.466 e. The molecule has 0 bridgehead atoms. The summed E-state index contributed by atoms with van der Waals surface area (Å²) in [5, 5.41) is 0. The third kappa shape index (κ3) is 2.76. The Bertz CT molecular complexity index is 655. The molecule has 1 aromatic carbocycles. The molecule has 1 atom stereocenters. The summed E-state index contributed by atoms with van der Waals surface area (Å²) in [7, 11) is -0.734. The summed E-state index contributed by atoms with van der Waals surface area (Å²) in [6, 6.07) is 3.59. The summed E-state index contributed by atoms with van der Waals surface area (Å²) in [4.78, 5) is 11.9. The molecular formula is C18H24BFO4. The summed E-state index contributed by atoms with van der Waals surface area (Å²) in [5.41, 5.74) is 0.815. The maximum Gasteiger partial charge on any atom is 0.497 e. The Kier molecular flexibility index (Phi) is 4.25. The molecule has 1 aliphatic heterocycles. The maximum absolute atomic E-state index is 15.0. The molecule has 0 saturated carbocycles. The van der Waals surface area contributed by atoms with Gasteiger partial charge in [0.15, 0.2) is 0 Å². The van der Waals surface area contributed by atoms with E-state index in [1.807, 2.05) is 33.8 Å². The lowest BCUT2D eigenvalue weighted by atomic mass is 9.77. The SMILES string of the molecule is CCOC(=O)C1Cc2ccc(B3OC(C)(C)C(C)(C)O3)c(F)c2C1. The number of ether oxygens (including phenoxy) is 1. The van der Waals surface area contributed by atoms with Crippen LogP contribution in [0.1, 0.15) is 45.7 Å². The number of hydrogen-bond donors (Lipinski definition) is 0. The summed E-state index contributed by atoms with van der Waals surface area (Å²) in [5.74, 6) is -0.883. The van der Waals surface area contributed by atoms with Gasteiger partial charge in [-0.05, 0) is 58.6 Å². The van der Waals surface area contributed by atoms with Crippen LogP contribution in [0.4, 0.5) is 4.39 Å². The lowest BCUT2D eigenvalue weighted by molar-refractivity contribution is -0.147. The molecule has 4 nitrogen and oxygen atoms in total. The molecule has 24 heavy (non-hydrogen) atoms. The molecule has 0 aromatic heterocycles. The monoisotopic (exact) mass is 334 g/mol. The van der Waals surface area contributed by atoms with Gasteiger partial charge in [0, 0.05) is 5.46 Å². The zero-order valence-electron chi connectivity index (χ0n) is 14.9. The van der Waals surface area contributed by atoms with E-state index >= 15 is 4.39 Å². The van der Waals surface area contributed by atoms with Crippen molar-refractivity contribution in [2.24, 2.45) is 5.92 Å². The molecule has 0 radical (unpaired) electrons. The van der Waals surface area contributed by atoms with Crippen molar-refractivity contribution < 1.29 is 23.2 Å². The minimum absolute atomic E-state index is 0.259. The standard InChI is InChI=1S/C18H24BFO4/c1-6-22-16(21)12-9-11-7-8-14(15(20)13(11)10-12)19-23-17(2,3)18(4,5)24-19/h7-8,12H,6,9-10H2,1-5H3. The fourth-order valence-corrected chi connectivity index (χ4v) is 3.25. The van der Waals surface area contributed by atoms with Gasteiger partial charge in [-0.2, -0.15) is 0 Å². The van der Waals surface area contributed by atoms with Gasteiger partial charge in [-0.3, -0.25) is 4.79 Å². The Labute approximate surface area is 142 Å². The van der Waals surface area contributed by atoms with Gasteiger partial charge in [0.05, 0.1) is 23.7 Å². The molecule has 0 N–H and O–H groups in total. The molecule has 1 aliphatic carbocycles. The zero-order valence-corrected chi connectivity index (χ0v) is 14.9. The van der Waals surface area contributed by atoms with E-state index < -0.39 is 18.3 Å². The highest BCUT2D eigenvalue weighted by Crippen LogP contribution is 2.37. The van der Waals surface area contributed by atoms with Crippen LogP contribution in [0.3, 0.4) is 0 Å². The average Bonchev–Trinajstić information content (AvgIpc) is 2.99. The molecule has 1 saturated heterocycles. The van der Waals surface area contributed by atoms with Crippen molar-refractivity contribution in [3.8, 4) is 0 Å². The highest BCUT2D eigenvalue weighted by atomic mass is 19.1. The highest BCUT2D eigenvalue weighted by Gasteiger charge is 2.52. The first-order valence-electron chi connectivity index (χ1n) is 8.48. The number of halogens is 1. The van der Waals surface area contributed by atoms with Crippen LogP contribution >= 0.6 is 0 Å². The molecule has 1 unspecified atom stereocenters. The van der Waals surface area contributed by atoms with Crippen LogP contribution in [0.5, 0.6) is 0 Å². The van der Waals surface area contributed by atoms with Crippen LogP contribution in [0.15, 0.2) is 12.1 Å². The number of fused-ring (bicyclic) bond motifs is 1. The number of esters is 1. The quantitative estimate of drug-likeness (QED) is 0.629. The van der Waals surface area contributed by atoms with Crippen molar-refractivity contribution in [1.82, 2.24) is 0 Å². The van der Waals surface area contributed by atoms with Gasteiger partial charge in [-0.25, -0.2) is 4.39 Å². The van der Waals surface area contributed by atoms with E-state index in [-0.39, 0.29) is 17.7 Å². The Morgan fingerprint density at radius 2 is 1.88 bits per heavy atom. The molecule has 1 fully saturated rings. The van der Waals surface area contributed by atoms with E-state index in [0.717, 1.165) is 5.56 Å². The average molecular weight is 334 g/mol. The first-order valence-corrected chi connectivity index (χ1v) is 8.48. The second kappa shape index (κ2) is 5.85. The maximum atomic E-state index is 15.0. The number of benzene rings is 1. The van der Waals surface area contributed by atoms with Crippen molar-refractivity contribution in [1.29, 1.82) is 0 Å². The van der Waals surface area contributed by atoms with Gasteiger partial charge < -0.3 is 14.0 Å². The zero-order chi connectivity index (χ0) is 17.7. The lowest BCUT2D eigenvalue weighted by Crippen LogP contribution is -2.41. The molecule has 1 heterocycles. The van der Waals surface area contributed by atoms with Crippen LogP contribution in [-0.4, -0.2) is 30.9 Å². The molecule has 1 aromatic rings. The smallest absolute Gasteiger partial charge is 0.466 e. The Morgan fingerprint density at radius 3 is 2.46 bits per heavy atom. The molecule has 6 heteroatoms. The van der Waals surface area contributed by atoms with E-state index in [0.29, 0.717) is 30.5 Å². The van der Waals surface area contributed by atoms with Crippen LogP contribution in [0, 0.1) is 11.7 Å². The van der Waals surface area contributed by atoms with Crippen LogP contribution < -0.4 is 5.46 Å². The fraction of sp³-hybridized carbons (Fsp3) is 0.611. The summed E-state index contributed by atoms with van der Waals surface area (Å²) >= 11 is 0. The van der Waals surface area contributed by atoms with E-state index in [9.17, 15) is 4.79 Å². The normalized spacial score (nSPS) is 24.1. The molecular weight excluding hydrogens is 310 g/mol. The van der Waals surface area contributed by atoms with Gasteiger partial charge in [0.25, 0.3) is 0 Å². The second-order valence-corrected chi connectivity index (χ2v) is 7.55. The van der Waals surface area contributed by atoms with Crippen molar-refractivity contribution in [3.05, 3.63) is 29.1 Å². The lowest BCUT2D eigenvalue weighted by Gasteiger charge is -2.32. The number of carbonyl (C=O) groups is 1. The largest absolute Gasteiger partial charge is 0.497 e. The number of carbonyl (C=O) groups excluding carboxylic acids is 1. The predicted octanol–water partition coefficient (Wildman–Crippen LogP) is 2.40.